The number of rotatable bonds is 3. The van der Waals surface area contributed by atoms with E-state index in [1.807, 2.05) is 6.20 Å². The first-order valence-corrected chi connectivity index (χ1v) is 5.86. The van der Waals surface area contributed by atoms with Crippen molar-refractivity contribution in [1.82, 2.24) is 4.98 Å². The maximum Gasteiger partial charge on any atom is 0.140 e. The van der Waals surface area contributed by atoms with Crippen LogP contribution >= 0.6 is 0 Å². The van der Waals surface area contributed by atoms with Crippen LogP contribution in [0.5, 0.6) is 5.75 Å². The zero-order valence-corrected chi connectivity index (χ0v) is 11.3. The summed E-state index contributed by atoms with van der Waals surface area (Å²) >= 11 is 0. The summed E-state index contributed by atoms with van der Waals surface area (Å²) in [6.07, 6.45) is 3.00. The lowest BCUT2D eigenvalue weighted by atomic mass is 9.88. The summed E-state index contributed by atoms with van der Waals surface area (Å²) in [5.41, 5.74) is 2.57. The Kier molecular flexibility index (Phi) is 3.95. The maximum atomic E-state index is 5.40. The Bertz CT molecular complexity index is 350. The minimum atomic E-state index is 0.284. The van der Waals surface area contributed by atoms with Gasteiger partial charge in [-0.05, 0) is 29.4 Å². The summed E-state index contributed by atoms with van der Waals surface area (Å²) in [4.78, 5) is 4.51. The average molecular weight is 221 g/mol. The molecule has 2 heteroatoms. The van der Waals surface area contributed by atoms with Crippen molar-refractivity contribution in [3.8, 4) is 5.75 Å². The molecule has 1 aromatic heterocycles. The van der Waals surface area contributed by atoms with Gasteiger partial charge in [0.15, 0.2) is 0 Å². The highest BCUT2D eigenvalue weighted by molar-refractivity contribution is 5.33. The lowest BCUT2D eigenvalue weighted by Gasteiger charge is -2.19. The van der Waals surface area contributed by atoms with E-state index in [0.717, 1.165) is 17.9 Å². The van der Waals surface area contributed by atoms with E-state index in [9.17, 15) is 0 Å². The van der Waals surface area contributed by atoms with Crippen molar-refractivity contribution in [1.29, 1.82) is 0 Å². The van der Waals surface area contributed by atoms with Gasteiger partial charge < -0.3 is 4.74 Å². The molecule has 0 spiro atoms. The van der Waals surface area contributed by atoms with Crippen LogP contribution in [0, 0.1) is 5.41 Å². The quantitative estimate of drug-likeness (QED) is 0.774. The van der Waals surface area contributed by atoms with E-state index in [4.69, 9.17) is 4.74 Å². The summed E-state index contributed by atoms with van der Waals surface area (Å²) in [7, 11) is 1.71. The first-order chi connectivity index (χ1) is 7.33. The van der Waals surface area contributed by atoms with Gasteiger partial charge in [-0.2, -0.15) is 0 Å². The summed E-state index contributed by atoms with van der Waals surface area (Å²) in [5.74, 6) is 1.32. The Labute approximate surface area is 99.0 Å². The molecule has 0 bridgehead atoms. The van der Waals surface area contributed by atoms with E-state index in [1.54, 1.807) is 7.11 Å². The highest BCUT2D eigenvalue weighted by Crippen LogP contribution is 2.27. The van der Waals surface area contributed by atoms with Crippen LogP contribution in [0.3, 0.4) is 0 Å². The van der Waals surface area contributed by atoms with Crippen LogP contribution < -0.4 is 4.74 Å². The second kappa shape index (κ2) is 4.86. The lowest BCUT2D eigenvalue weighted by Crippen LogP contribution is -2.10. The van der Waals surface area contributed by atoms with Crippen LogP contribution in [0.15, 0.2) is 12.3 Å². The fourth-order valence-corrected chi connectivity index (χ4v) is 1.80. The number of nitrogens with zero attached hydrogens (tertiary/aromatic N) is 1. The number of ether oxygens (including phenoxy) is 1. The summed E-state index contributed by atoms with van der Waals surface area (Å²) in [6, 6.07) is 2.12. The Hall–Kier alpha value is -1.05. The molecule has 1 rings (SSSR count). The molecule has 1 heterocycles. The zero-order chi connectivity index (χ0) is 12.3. The fourth-order valence-electron chi connectivity index (χ4n) is 1.80. The molecular weight excluding hydrogens is 198 g/mol. The summed E-state index contributed by atoms with van der Waals surface area (Å²) in [6.45, 7) is 11.0. The molecule has 0 N–H and O–H groups in total. The second-order valence-corrected chi connectivity index (χ2v) is 5.82. The van der Waals surface area contributed by atoms with Crippen molar-refractivity contribution in [2.45, 2.75) is 47.0 Å². The molecule has 2 nitrogen and oxygen atoms in total. The van der Waals surface area contributed by atoms with Crippen molar-refractivity contribution in [2.75, 3.05) is 7.11 Å². The maximum absolute atomic E-state index is 5.40. The van der Waals surface area contributed by atoms with Crippen molar-refractivity contribution in [3.63, 3.8) is 0 Å². The smallest absolute Gasteiger partial charge is 0.140 e. The van der Waals surface area contributed by atoms with Crippen LogP contribution in [0.4, 0.5) is 0 Å². The lowest BCUT2D eigenvalue weighted by molar-refractivity contribution is 0.394. The number of hydrogen-bond donors (Lipinski definition) is 0. The van der Waals surface area contributed by atoms with Crippen LogP contribution in [0.2, 0.25) is 0 Å². The van der Waals surface area contributed by atoms with Gasteiger partial charge in [0.1, 0.15) is 5.75 Å². The third-order valence-electron chi connectivity index (χ3n) is 2.44. The number of hydrogen-bond acceptors (Lipinski definition) is 2. The normalized spacial score (nSPS) is 11.9. The molecule has 0 saturated heterocycles. The molecule has 0 aliphatic rings. The van der Waals surface area contributed by atoms with E-state index in [1.165, 1.54) is 5.56 Å². The first-order valence-electron chi connectivity index (χ1n) is 5.86. The molecule has 0 aliphatic carbocycles. The molecule has 0 atom stereocenters. The second-order valence-electron chi connectivity index (χ2n) is 5.82. The minimum Gasteiger partial charge on any atom is -0.495 e. The highest BCUT2D eigenvalue weighted by atomic mass is 16.5. The van der Waals surface area contributed by atoms with Gasteiger partial charge in [-0.25, -0.2) is 0 Å². The molecule has 0 amide bonds. The standard InChI is InChI=1S/C14H23NO/c1-10(2)13-12(16-6)7-11(9-15-13)8-14(3,4)5/h7,9-10H,8H2,1-6H3. The molecule has 90 valence electrons. The van der Waals surface area contributed by atoms with E-state index >= 15 is 0 Å². The molecule has 16 heavy (non-hydrogen) atoms. The van der Waals surface area contributed by atoms with Gasteiger partial charge in [0.25, 0.3) is 0 Å². The Balaban J connectivity index is 3.00. The van der Waals surface area contributed by atoms with Crippen molar-refractivity contribution in [3.05, 3.63) is 23.5 Å². The van der Waals surface area contributed by atoms with Gasteiger partial charge >= 0.3 is 0 Å². The molecule has 0 aliphatic heterocycles. The van der Waals surface area contributed by atoms with Crippen LogP contribution in [0.25, 0.3) is 0 Å². The predicted molar refractivity (Wildman–Crippen MR) is 68.0 cm³/mol. The van der Waals surface area contributed by atoms with E-state index < -0.39 is 0 Å². The minimum absolute atomic E-state index is 0.284. The van der Waals surface area contributed by atoms with Gasteiger partial charge in [-0.15, -0.1) is 0 Å². The first kappa shape index (κ1) is 13.0. The topological polar surface area (TPSA) is 22.1 Å². The molecule has 0 radical (unpaired) electrons. The van der Waals surface area contributed by atoms with Gasteiger partial charge in [-0.3, -0.25) is 4.98 Å². The van der Waals surface area contributed by atoms with E-state index in [-0.39, 0.29) is 5.41 Å². The van der Waals surface area contributed by atoms with E-state index in [0.29, 0.717) is 5.92 Å². The largest absolute Gasteiger partial charge is 0.495 e. The van der Waals surface area contributed by atoms with Crippen molar-refractivity contribution < 1.29 is 4.74 Å². The van der Waals surface area contributed by atoms with Crippen molar-refractivity contribution >= 4 is 0 Å². The molecule has 0 aromatic carbocycles. The molecule has 0 unspecified atom stereocenters. The van der Waals surface area contributed by atoms with Crippen LogP contribution in [-0.2, 0) is 6.42 Å². The van der Waals surface area contributed by atoms with Crippen LogP contribution in [0.1, 0.15) is 51.8 Å². The Morgan fingerprint density at radius 2 is 1.94 bits per heavy atom. The van der Waals surface area contributed by atoms with Crippen molar-refractivity contribution in [2.24, 2.45) is 5.41 Å². The zero-order valence-electron chi connectivity index (χ0n) is 11.3. The Morgan fingerprint density at radius 3 is 2.38 bits per heavy atom. The third-order valence-corrected chi connectivity index (χ3v) is 2.44. The summed E-state index contributed by atoms with van der Waals surface area (Å²) in [5, 5.41) is 0. The number of pyridine rings is 1. The number of methoxy groups -OCH3 is 1. The van der Waals surface area contributed by atoms with Gasteiger partial charge in [-0.1, -0.05) is 34.6 Å². The van der Waals surface area contributed by atoms with Gasteiger partial charge in [0.05, 0.1) is 12.8 Å². The fraction of sp³-hybridized carbons (Fsp3) is 0.643. The monoisotopic (exact) mass is 221 g/mol. The van der Waals surface area contributed by atoms with Gasteiger partial charge in [0.2, 0.25) is 0 Å². The molecule has 0 saturated carbocycles. The summed E-state index contributed by atoms with van der Waals surface area (Å²) < 4.78 is 5.40. The Morgan fingerprint density at radius 1 is 1.31 bits per heavy atom. The molecule has 0 fully saturated rings. The SMILES string of the molecule is COc1cc(CC(C)(C)C)cnc1C(C)C. The van der Waals surface area contributed by atoms with Crippen LogP contribution in [-0.4, -0.2) is 12.1 Å². The average Bonchev–Trinajstić information content (AvgIpc) is 2.14. The van der Waals surface area contributed by atoms with Gasteiger partial charge in [0, 0.05) is 6.20 Å². The van der Waals surface area contributed by atoms with E-state index in [2.05, 4.69) is 45.7 Å². The molecule has 1 aromatic rings. The number of aromatic nitrogens is 1. The third kappa shape index (κ3) is 3.51. The molecular formula is C14H23NO. The predicted octanol–water partition coefficient (Wildman–Crippen LogP) is 3.80. The highest BCUT2D eigenvalue weighted by Gasteiger charge is 2.14.